The van der Waals surface area contributed by atoms with Crippen molar-refractivity contribution in [2.24, 2.45) is 0 Å². The van der Waals surface area contributed by atoms with Gasteiger partial charge in [0.05, 0.1) is 18.2 Å². The Bertz CT molecular complexity index is 1190. The number of hydrogen-bond acceptors (Lipinski definition) is 5. The summed E-state index contributed by atoms with van der Waals surface area (Å²) in [5.41, 5.74) is 4.90. The van der Waals surface area contributed by atoms with Crippen molar-refractivity contribution in [3.05, 3.63) is 59.2 Å². The second-order valence-corrected chi connectivity index (χ2v) is 8.47. The van der Waals surface area contributed by atoms with E-state index < -0.39 is 0 Å². The Balaban J connectivity index is 1.50. The number of nitriles is 1. The van der Waals surface area contributed by atoms with E-state index in [1.165, 1.54) is 11.1 Å². The van der Waals surface area contributed by atoms with Gasteiger partial charge in [0.2, 0.25) is 0 Å². The number of rotatable bonds is 3. The lowest BCUT2D eigenvalue weighted by Gasteiger charge is -2.25. The van der Waals surface area contributed by atoms with Crippen molar-refractivity contribution < 1.29 is 4.74 Å². The predicted molar refractivity (Wildman–Crippen MR) is 134 cm³/mol. The van der Waals surface area contributed by atoms with Crippen LogP contribution in [0.4, 0.5) is 11.5 Å². The molecule has 0 spiro atoms. The van der Waals surface area contributed by atoms with Gasteiger partial charge < -0.3 is 19.9 Å². The number of nitrogens with one attached hydrogen (secondary N) is 1. The molecule has 1 aliphatic rings. The van der Waals surface area contributed by atoms with Crippen LogP contribution in [-0.2, 0) is 0 Å². The Labute approximate surface area is 194 Å². The molecule has 3 aromatic rings. The third kappa shape index (κ3) is 4.61. The molecular weight excluding hydrogens is 418 g/mol. The van der Waals surface area contributed by atoms with Crippen molar-refractivity contribution in [1.82, 2.24) is 9.88 Å². The van der Waals surface area contributed by atoms with Gasteiger partial charge in [-0.05, 0) is 86.1 Å². The van der Waals surface area contributed by atoms with Crippen molar-refractivity contribution in [2.45, 2.75) is 20.3 Å². The minimum atomic E-state index is 0.619. The van der Waals surface area contributed by atoms with Gasteiger partial charge in [0.25, 0.3) is 0 Å². The lowest BCUT2D eigenvalue weighted by Crippen LogP contribution is -2.38. The fraction of sp³-hybridized carbons (Fsp3) is 0.320. The topological polar surface area (TPSA) is 64.4 Å². The summed E-state index contributed by atoms with van der Waals surface area (Å²) < 4.78 is 5.21. The summed E-state index contributed by atoms with van der Waals surface area (Å²) in [6.45, 7) is 7.38. The molecule has 0 atom stereocenters. The molecule has 0 aliphatic carbocycles. The van der Waals surface area contributed by atoms with E-state index >= 15 is 0 Å². The highest BCUT2D eigenvalue weighted by atomic mass is 32.1. The first-order valence-corrected chi connectivity index (χ1v) is 11.2. The van der Waals surface area contributed by atoms with Gasteiger partial charge in [0.1, 0.15) is 17.6 Å². The van der Waals surface area contributed by atoms with E-state index in [0.29, 0.717) is 10.7 Å². The molecule has 1 aromatic heterocycles. The van der Waals surface area contributed by atoms with Gasteiger partial charge >= 0.3 is 0 Å². The average molecular weight is 446 g/mol. The van der Waals surface area contributed by atoms with Crippen LogP contribution in [-0.4, -0.2) is 48.3 Å². The SMILES string of the molecule is COc1ccc(NC(=S)N2CCCN(c3nc4cc(C)c(C)cc4cc3C#N)CC2)cc1. The van der Waals surface area contributed by atoms with Crippen LogP contribution in [0.2, 0.25) is 0 Å². The number of hydrogen-bond donors (Lipinski definition) is 1. The van der Waals surface area contributed by atoms with Gasteiger partial charge in [-0.25, -0.2) is 4.98 Å². The van der Waals surface area contributed by atoms with Gasteiger partial charge in [-0.2, -0.15) is 5.26 Å². The Morgan fingerprint density at radius 2 is 1.81 bits per heavy atom. The lowest BCUT2D eigenvalue weighted by molar-refractivity contribution is 0.415. The molecule has 1 saturated heterocycles. The van der Waals surface area contributed by atoms with Crippen LogP contribution in [0.15, 0.2) is 42.5 Å². The molecular formula is C25H27N5OS. The van der Waals surface area contributed by atoms with E-state index in [2.05, 4.69) is 47.2 Å². The lowest BCUT2D eigenvalue weighted by atomic mass is 10.0. The minimum absolute atomic E-state index is 0.619. The molecule has 2 heterocycles. The molecule has 4 rings (SSSR count). The molecule has 0 radical (unpaired) electrons. The summed E-state index contributed by atoms with van der Waals surface area (Å²) in [4.78, 5) is 9.28. The number of thiocarbonyl (C=S) groups is 1. The molecule has 2 aromatic carbocycles. The van der Waals surface area contributed by atoms with Crippen molar-refractivity contribution in [3.63, 3.8) is 0 Å². The van der Waals surface area contributed by atoms with Crippen molar-refractivity contribution in [1.29, 1.82) is 5.26 Å². The van der Waals surface area contributed by atoms with Gasteiger partial charge in [-0.3, -0.25) is 0 Å². The summed E-state index contributed by atoms with van der Waals surface area (Å²) >= 11 is 5.67. The Hall–Kier alpha value is -3.37. The van der Waals surface area contributed by atoms with Crippen LogP contribution in [0.5, 0.6) is 5.75 Å². The molecule has 0 unspecified atom stereocenters. The molecule has 164 valence electrons. The van der Waals surface area contributed by atoms with Crippen molar-refractivity contribution in [3.8, 4) is 11.8 Å². The van der Waals surface area contributed by atoms with E-state index in [1.54, 1.807) is 7.11 Å². The van der Waals surface area contributed by atoms with Crippen LogP contribution in [0, 0.1) is 25.2 Å². The van der Waals surface area contributed by atoms with Gasteiger partial charge in [0.15, 0.2) is 5.11 Å². The molecule has 32 heavy (non-hydrogen) atoms. The Morgan fingerprint density at radius 3 is 2.53 bits per heavy atom. The zero-order valence-corrected chi connectivity index (χ0v) is 19.5. The summed E-state index contributed by atoms with van der Waals surface area (Å²) in [6.07, 6.45) is 0.932. The summed E-state index contributed by atoms with van der Waals surface area (Å²) in [5.74, 6) is 1.58. The number of ether oxygens (including phenoxy) is 1. The molecule has 1 aliphatic heterocycles. The summed E-state index contributed by atoms with van der Waals surface area (Å²) in [6, 6.07) is 16.3. The predicted octanol–water partition coefficient (Wildman–Crippen LogP) is 4.64. The summed E-state index contributed by atoms with van der Waals surface area (Å²) in [7, 11) is 1.65. The van der Waals surface area contributed by atoms with Crippen LogP contribution >= 0.6 is 12.2 Å². The second-order valence-electron chi connectivity index (χ2n) is 8.09. The normalized spacial score (nSPS) is 14.1. The van der Waals surface area contributed by atoms with E-state index in [-0.39, 0.29) is 0 Å². The first-order valence-electron chi connectivity index (χ1n) is 10.8. The number of aromatic nitrogens is 1. The van der Waals surface area contributed by atoms with Gasteiger partial charge in [-0.1, -0.05) is 0 Å². The van der Waals surface area contributed by atoms with E-state index in [4.69, 9.17) is 21.9 Å². The molecule has 0 saturated carbocycles. The first-order chi connectivity index (χ1) is 15.5. The van der Waals surface area contributed by atoms with Gasteiger partial charge in [-0.15, -0.1) is 0 Å². The van der Waals surface area contributed by atoms with Crippen LogP contribution in [0.3, 0.4) is 0 Å². The number of pyridine rings is 1. The highest BCUT2D eigenvalue weighted by molar-refractivity contribution is 7.80. The quantitative estimate of drug-likeness (QED) is 0.589. The second kappa shape index (κ2) is 9.41. The highest BCUT2D eigenvalue weighted by Gasteiger charge is 2.21. The van der Waals surface area contributed by atoms with Crippen LogP contribution < -0.4 is 15.0 Å². The maximum Gasteiger partial charge on any atom is 0.173 e. The molecule has 1 N–H and O–H groups in total. The van der Waals surface area contributed by atoms with E-state index in [0.717, 1.165) is 60.8 Å². The number of anilines is 2. The zero-order valence-electron chi connectivity index (χ0n) is 18.7. The smallest absolute Gasteiger partial charge is 0.173 e. The maximum atomic E-state index is 9.78. The molecule has 1 fully saturated rings. The van der Waals surface area contributed by atoms with Crippen molar-refractivity contribution in [2.75, 3.05) is 43.5 Å². The number of methoxy groups -OCH3 is 1. The van der Waals surface area contributed by atoms with Crippen LogP contribution in [0.1, 0.15) is 23.1 Å². The molecule has 6 nitrogen and oxygen atoms in total. The fourth-order valence-electron chi connectivity index (χ4n) is 3.96. The Kier molecular flexibility index (Phi) is 6.42. The number of aryl methyl sites for hydroxylation is 2. The number of benzene rings is 2. The fourth-order valence-corrected chi connectivity index (χ4v) is 4.26. The van der Waals surface area contributed by atoms with Gasteiger partial charge in [0, 0.05) is 37.3 Å². The molecule has 0 bridgehead atoms. The standard InChI is InChI=1S/C25H27N5OS/c1-17-13-19-15-20(16-26)24(28-23(19)14-18(17)2)29-9-4-10-30(12-11-29)25(32)27-21-5-7-22(31-3)8-6-21/h5-8,13-15H,4,9-12H2,1-3H3,(H,27,32). The van der Waals surface area contributed by atoms with E-state index in [9.17, 15) is 5.26 Å². The number of fused-ring (bicyclic) bond motifs is 1. The first kappa shape index (κ1) is 21.8. The van der Waals surface area contributed by atoms with Crippen LogP contribution in [0.25, 0.3) is 10.9 Å². The molecule has 0 amide bonds. The number of nitrogens with zero attached hydrogens (tertiary/aromatic N) is 4. The Morgan fingerprint density at radius 1 is 1.06 bits per heavy atom. The van der Waals surface area contributed by atoms with Crippen molar-refractivity contribution >= 4 is 39.7 Å². The van der Waals surface area contributed by atoms with E-state index in [1.807, 2.05) is 30.3 Å². The highest BCUT2D eigenvalue weighted by Crippen LogP contribution is 2.26. The monoisotopic (exact) mass is 445 g/mol. The third-order valence-electron chi connectivity index (χ3n) is 5.95. The zero-order chi connectivity index (χ0) is 22.7. The average Bonchev–Trinajstić information content (AvgIpc) is 3.06. The minimum Gasteiger partial charge on any atom is -0.497 e. The largest absolute Gasteiger partial charge is 0.497 e. The molecule has 7 heteroatoms. The summed E-state index contributed by atoms with van der Waals surface area (Å²) in [5, 5.41) is 14.8. The maximum absolute atomic E-state index is 9.78. The third-order valence-corrected chi connectivity index (χ3v) is 6.31.